The molecule has 0 amide bonds. The van der Waals surface area contributed by atoms with Crippen molar-refractivity contribution < 1.29 is 9.84 Å². The summed E-state index contributed by atoms with van der Waals surface area (Å²) in [5.41, 5.74) is 1.85. The van der Waals surface area contributed by atoms with Gasteiger partial charge in [-0.25, -0.2) is 0 Å². The van der Waals surface area contributed by atoms with Crippen LogP contribution in [0.25, 0.3) is 0 Å². The van der Waals surface area contributed by atoms with Crippen molar-refractivity contribution in [2.45, 2.75) is 50.0 Å². The molecule has 1 aromatic rings. The molecule has 1 aromatic heterocycles. The third-order valence-corrected chi connectivity index (χ3v) is 4.42. The molecule has 1 fully saturated rings. The van der Waals surface area contributed by atoms with E-state index in [1.807, 2.05) is 12.3 Å². The number of pyridine rings is 1. The molecule has 18 heavy (non-hydrogen) atoms. The maximum absolute atomic E-state index is 11.0. The normalized spacial score (nSPS) is 32.6. The number of aromatic nitrogens is 1. The molecular formula is C15H21NO2. The summed E-state index contributed by atoms with van der Waals surface area (Å²) in [6, 6.07) is 4.16. The Morgan fingerprint density at radius 2 is 2.22 bits per heavy atom. The number of aryl methyl sites for hydroxylation is 1. The summed E-state index contributed by atoms with van der Waals surface area (Å²) in [4.78, 5) is 4.55. The molecule has 1 aliphatic heterocycles. The minimum Gasteiger partial charge on any atom is -0.389 e. The van der Waals surface area contributed by atoms with E-state index in [0.717, 1.165) is 50.8 Å². The minimum absolute atomic E-state index is 0.198. The third kappa shape index (κ3) is 2.17. The van der Waals surface area contributed by atoms with Gasteiger partial charge in [-0.15, -0.1) is 0 Å². The average molecular weight is 247 g/mol. The molecule has 1 saturated heterocycles. The van der Waals surface area contributed by atoms with E-state index in [1.165, 1.54) is 5.56 Å². The van der Waals surface area contributed by atoms with Crippen molar-refractivity contribution in [3.63, 3.8) is 0 Å². The van der Waals surface area contributed by atoms with Gasteiger partial charge in [0, 0.05) is 37.4 Å². The Balaban J connectivity index is 1.92. The second-order valence-electron chi connectivity index (χ2n) is 5.56. The Bertz CT molecular complexity index is 411. The highest BCUT2D eigenvalue weighted by molar-refractivity contribution is 5.28. The van der Waals surface area contributed by atoms with Crippen molar-refractivity contribution in [2.75, 3.05) is 13.2 Å². The highest BCUT2D eigenvalue weighted by atomic mass is 16.5. The van der Waals surface area contributed by atoms with Gasteiger partial charge in [-0.3, -0.25) is 4.98 Å². The van der Waals surface area contributed by atoms with E-state index in [2.05, 4.69) is 11.1 Å². The molecule has 2 unspecified atom stereocenters. The Hall–Kier alpha value is -0.930. The largest absolute Gasteiger partial charge is 0.389 e. The molecule has 0 radical (unpaired) electrons. The van der Waals surface area contributed by atoms with E-state index in [4.69, 9.17) is 4.74 Å². The van der Waals surface area contributed by atoms with Gasteiger partial charge in [0.25, 0.3) is 0 Å². The zero-order valence-electron chi connectivity index (χ0n) is 10.8. The van der Waals surface area contributed by atoms with Gasteiger partial charge in [0.05, 0.1) is 5.60 Å². The lowest BCUT2D eigenvalue weighted by Gasteiger charge is -2.38. The van der Waals surface area contributed by atoms with Crippen LogP contribution in [0.1, 0.15) is 49.3 Å². The lowest BCUT2D eigenvalue weighted by molar-refractivity contribution is -0.0134. The van der Waals surface area contributed by atoms with E-state index >= 15 is 0 Å². The Morgan fingerprint density at radius 1 is 1.28 bits per heavy atom. The molecule has 3 rings (SSSR count). The van der Waals surface area contributed by atoms with Crippen LogP contribution in [0.5, 0.6) is 0 Å². The summed E-state index contributed by atoms with van der Waals surface area (Å²) in [6.07, 6.45) is 7.71. The van der Waals surface area contributed by atoms with Gasteiger partial charge in [-0.05, 0) is 43.7 Å². The average Bonchev–Trinajstić information content (AvgIpc) is 2.64. The van der Waals surface area contributed by atoms with Crippen molar-refractivity contribution >= 4 is 0 Å². The SMILES string of the molecule is OC1(C2CCCc3cccnc32)CCCOCC1. The van der Waals surface area contributed by atoms with Gasteiger partial charge in [-0.1, -0.05) is 6.07 Å². The summed E-state index contributed by atoms with van der Waals surface area (Å²) in [7, 11) is 0. The lowest BCUT2D eigenvalue weighted by Crippen LogP contribution is -2.39. The molecular weight excluding hydrogens is 226 g/mol. The van der Waals surface area contributed by atoms with E-state index in [-0.39, 0.29) is 5.92 Å². The Labute approximate surface area is 108 Å². The molecule has 0 spiro atoms. The fourth-order valence-corrected chi connectivity index (χ4v) is 3.44. The van der Waals surface area contributed by atoms with Crippen LogP contribution in [0.4, 0.5) is 0 Å². The van der Waals surface area contributed by atoms with Crippen molar-refractivity contribution in [1.82, 2.24) is 4.98 Å². The van der Waals surface area contributed by atoms with Crippen molar-refractivity contribution in [3.8, 4) is 0 Å². The second-order valence-corrected chi connectivity index (χ2v) is 5.56. The van der Waals surface area contributed by atoms with Gasteiger partial charge in [-0.2, -0.15) is 0 Å². The second kappa shape index (κ2) is 4.98. The minimum atomic E-state index is -0.611. The zero-order valence-corrected chi connectivity index (χ0v) is 10.8. The van der Waals surface area contributed by atoms with Crippen LogP contribution in [-0.4, -0.2) is 28.9 Å². The molecule has 2 heterocycles. The van der Waals surface area contributed by atoms with Crippen LogP contribution in [0, 0.1) is 0 Å². The van der Waals surface area contributed by atoms with Crippen LogP contribution < -0.4 is 0 Å². The third-order valence-electron chi connectivity index (χ3n) is 4.42. The first kappa shape index (κ1) is 12.1. The number of fused-ring (bicyclic) bond motifs is 1. The lowest BCUT2D eigenvalue weighted by atomic mass is 9.72. The molecule has 0 aromatic carbocycles. The van der Waals surface area contributed by atoms with Crippen LogP contribution in [0.15, 0.2) is 18.3 Å². The summed E-state index contributed by atoms with van der Waals surface area (Å²) in [6.45, 7) is 1.46. The van der Waals surface area contributed by atoms with Crippen LogP contribution in [0.2, 0.25) is 0 Å². The molecule has 2 atom stereocenters. The predicted octanol–water partition coefficient (Wildman–Crippen LogP) is 2.43. The van der Waals surface area contributed by atoms with Crippen LogP contribution in [-0.2, 0) is 11.2 Å². The summed E-state index contributed by atoms with van der Waals surface area (Å²) in [5.74, 6) is 0.198. The van der Waals surface area contributed by atoms with Crippen molar-refractivity contribution in [1.29, 1.82) is 0 Å². The van der Waals surface area contributed by atoms with E-state index in [0.29, 0.717) is 6.61 Å². The predicted molar refractivity (Wildman–Crippen MR) is 69.5 cm³/mol. The van der Waals surface area contributed by atoms with E-state index in [9.17, 15) is 5.11 Å². The number of hydrogen-bond acceptors (Lipinski definition) is 3. The van der Waals surface area contributed by atoms with Gasteiger partial charge in [0.1, 0.15) is 0 Å². The van der Waals surface area contributed by atoms with Crippen molar-refractivity contribution in [2.24, 2.45) is 0 Å². The summed E-state index contributed by atoms with van der Waals surface area (Å²) >= 11 is 0. The number of aliphatic hydroxyl groups is 1. The topological polar surface area (TPSA) is 42.4 Å². The Kier molecular flexibility index (Phi) is 3.35. The zero-order chi connectivity index (χ0) is 12.4. The Morgan fingerprint density at radius 3 is 3.17 bits per heavy atom. The van der Waals surface area contributed by atoms with Crippen molar-refractivity contribution in [3.05, 3.63) is 29.6 Å². The maximum atomic E-state index is 11.0. The first-order valence-electron chi connectivity index (χ1n) is 7.03. The number of rotatable bonds is 1. The van der Waals surface area contributed by atoms with Gasteiger partial charge < -0.3 is 9.84 Å². The van der Waals surface area contributed by atoms with Gasteiger partial charge >= 0.3 is 0 Å². The number of nitrogens with zero attached hydrogens (tertiary/aromatic N) is 1. The van der Waals surface area contributed by atoms with E-state index < -0.39 is 5.60 Å². The fourth-order valence-electron chi connectivity index (χ4n) is 3.44. The summed E-state index contributed by atoms with van der Waals surface area (Å²) < 4.78 is 5.49. The fraction of sp³-hybridized carbons (Fsp3) is 0.667. The van der Waals surface area contributed by atoms with Gasteiger partial charge in [0.15, 0.2) is 0 Å². The number of hydrogen-bond donors (Lipinski definition) is 1. The van der Waals surface area contributed by atoms with E-state index in [1.54, 1.807) is 0 Å². The summed E-state index contributed by atoms with van der Waals surface area (Å²) in [5, 5.41) is 11.0. The molecule has 0 bridgehead atoms. The first-order valence-corrected chi connectivity index (χ1v) is 7.03. The molecule has 3 nitrogen and oxygen atoms in total. The molecule has 98 valence electrons. The highest BCUT2D eigenvalue weighted by Gasteiger charge is 2.40. The highest BCUT2D eigenvalue weighted by Crippen LogP contribution is 2.42. The van der Waals surface area contributed by atoms with Crippen LogP contribution in [0.3, 0.4) is 0 Å². The molecule has 1 aliphatic carbocycles. The first-order chi connectivity index (χ1) is 8.80. The number of ether oxygens (including phenoxy) is 1. The quantitative estimate of drug-likeness (QED) is 0.828. The standard InChI is InChI=1S/C15H21NO2/c17-15(7-3-10-18-11-8-15)13-6-1-4-12-5-2-9-16-14(12)13/h2,5,9,13,17H,1,3-4,6-8,10-11H2. The smallest absolute Gasteiger partial charge is 0.0753 e. The monoisotopic (exact) mass is 247 g/mol. The van der Waals surface area contributed by atoms with Crippen LogP contribution >= 0.6 is 0 Å². The molecule has 1 N–H and O–H groups in total. The maximum Gasteiger partial charge on any atom is 0.0753 e. The molecule has 3 heteroatoms. The molecule has 0 saturated carbocycles. The molecule has 2 aliphatic rings. The van der Waals surface area contributed by atoms with Gasteiger partial charge in [0.2, 0.25) is 0 Å².